The standard InChI is InChI=1S/C22H30O3S/c1-13-4-5-16-20-17(7-9-21(13,16)2)22(3)8-6-15(23)10-14(22)11-18(20)26-12-19(24)25/h10,16-18,20H,1,4-9,11-12H2,2-3H3,(H,24,25)/t16?,17?,18-,20?,21-,22+/m1/s1. The fourth-order valence-electron chi connectivity index (χ4n) is 6.76. The van der Waals surface area contributed by atoms with Crippen molar-refractivity contribution in [3.63, 3.8) is 0 Å². The molecule has 0 aliphatic heterocycles. The van der Waals surface area contributed by atoms with Crippen LogP contribution in [0.1, 0.15) is 58.8 Å². The number of carbonyl (C=O) groups is 2. The van der Waals surface area contributed by atoms with E-state index in [1.54, 1.807) is 11.8 Å². The Hall–Kier alpha value is -1.03. The molecule has 0 aromatic rings. The fraction of sp³-hybridized carbons (Fsp3) is 0.727. The zero-order valence-electron chi connectivity index (χ0n) is 15.9. The highest BCUT2D eigenvalue weighted by molar-refractivity contribution is 8.00. The number of carbonyl (C=O) groups excluding carboxylic acids is 1. The summed E-state index contributed by atoms with van der Waals surface area (Å²) in [5, 5.41) is 9.56. The molecule has 0 aromatic heterocycles. The maximum Gasteiger partial charge on any atom is 0.313 e. The number of thioether (sulfide) groups is 1. The van der Waals surface area contributed by atoms with E-state index in [4.69, 9.17) is 0 Å². The highest BCUT2D eigenvalue weighted by atomic mass is 32.2. The number of allylic oxidation sites excluding steroid dienone is 2. The lowest BCUT2D eigenvalue weighted by Crippen LogP contribution is -2.54. The van der Waals surface area contributed by atoms with E-state index in [-0.39, 0.29) is 22.4 Å². The van der Waals surface area contributed by atoms with Gasteiger partial charge in [0.2, 0.25) is 0 Å². The van der Waals surface area contributed by atoms with Gasteiger partial charge in [0, 0.05) is 11.7 Å². The van der Waals surface area contributed by atoms with E-state index in [1.165, 1.54) is 30.4 Å². The van der Waals surface area contributed by atoms with Crippen LogP contribution in [0.5, 0.6) is 0 Å². The van der Waals surface area contributed by atoms with Gasteiger partial charge in [0.1, 0.15) is 0 Å². The van der Waals surface area contributed by atoms with Crippen molar-refractivity contribution in [2.75, 3.05) is 5.75 Å². The summed E-state index contributed by atoms with van der Waals surface area (Å²) >= 11 is 1.61. The molecule has 0 spiro atoms. The van der Waals surface area contributed by atoms with Crippen molar-refractivity contribution in [1.82, 2.24) is 0 Å². The van der Waals surface area contributed by atoms with Crippen LogP contribution >= 0.6 is 11.8 Å². The first-order valence-electron chi connectivity index (χ1n) is 10.0. The first-order valence-corrected chi connectivity index (χ1v) is 11.1. The minimum Gasteiger partial charge on any atom is -0.481 e. The second-order valence-corrected chi connectivity index (χ2v) is 10.6. The monoisotopic (exact) mass is 374 g/mol. The molecular formula is C22H30O3S. The SMILES string of the molecule is C=C1CCC2C3C(CC[C@]12C)[C@@]1(C)CCC(=O)C=C1C[C@H]3SCC(=O)O. The smallest absolute Gasteiger partial charge is 0.313 e. The van der Waals surface area contributed by atoms with Gasteiger partial charge < -0.3 is 5.11 Å². The molecule has 0 radical (unpaired) electrons. The van der Waals surface area contributed by atoms with Crippen molar-refractivity contribution >= 4 is 23.5 Å². The molecule has 3 fully saturated rings. The number of aliphatic carboxylic acids is 1. The summed E-state index contributed by atoms with van der Waals surface area (Å²) in [7, 11) is 0. The van der Waals surface area contributed by atoms with Crippen LogP contribution in [0.3, 0.4) is 0 Å². The van der Waals surface area contributed by atoms with E-state index in [0.29, 0.717) is 29.4 Å². The average molecular weight is 375 g/mol. The first kappa shape index (κ1) is 18.3. The molecule has 0 amide bonds. The predicted molar refractivity (Wildman–Crippen MR) is 105 cm³/mol. The van der Waals surface area contributed by atoms with Crippen molar-refractivity contribution in [3.05, 3.63) is 23.8 Å². The number of rotatable bonds is 3. The number of carboxylic acids is 1. The molecule has 6 atom stereocenters. The van der Waals surface area contributed by atoms with Crippen LogP contribution in [-0.4, -0.2) is 27.9 Å². The first-order chi connectivity index (χ1) is 12.3. The molecule has 0 saturated heterocycles. The summed E-state index contributed by atoms with van der Waals surface area (Å²) in [6.45, 7) is 9.18. The quantitative estimate of drug-likeness (QED) is 0.716. The van der Waals surface area contributed by atoms with E-state index >= 15 is 0 Å². The van der Waals surface area contributed by atoms with Gasteiger partial charge in [-0.25, -0.2) is 0 Å². The summed E-state index contributed by atoms with van der Waals surface area (Å²) in [6.07, 6.45) is 9.15. The second-order valence-electron chi connectivity index (χ2n) is 9.39. The molecule has 4 rings (SSSR count). The van der Waals surface area contributed by atoms with Gasteiger partial charge >= 0.3 is 5.97 Å². The molecule has 0 heterocycles. The van der Waals surface area contributed by atoms with Crippen LogP contribution in [0.25, 0.3) is 0 Å². The van der Waals surface area contributed by atoms with Crippen LogP contribution < -0.4 is 0 Å². The molecule has 26 heavy (non-hydrogen) atoms. The van der Waals surface area contributed by atoms with Gasteiger partial charge in [-0.1, -0.05) is 31.6 Å². The number of fused-ring (bicyclic) bond motifs is 5. The Kier molecular flexibility index (Phi) is 4.41. The minimum absolute atomic E-state index is 0.129. The summed E-state index contributed by atoms with van der Waals surface area (Å²) in [5.41, 5.74) is 3.07. The third-order valence-electron chi connectivity index (χ3n) is 8.34. The van der Waals surface area contributed by atoms with E-state index < -0.39 is 5.97 Å². The Morgan fingerprint density at radius 2 is 1.96 bits per heavy atom. The van der Waals surface area contributed by atoms with Crippen LogP contribution in [0.4, 0.5) is 0 Å². The molecule has 0 bridgehead atoms. The Morgan fingerprint density at radius 1 is 1.23 bits per heavy atom. The van der Waals surface area contributed by atoms with Gasteiger partial charge in [0.15, 0.2) is 5.78 Å². The molecule has 0 aromatic carbocycles. The Balaban J connectivity index is 1.73. The van der Waals surface area contributed by atoms with Crippen LogP contribution in [0.15, 0.2) is 23.8 Å². The summed E-state index contributed by atoms with van der Waals surface area (Å²) < 4.78 is 0. The zero-order valence-corrected chi connectivity index (χ0v) is 16.7. The molecule has 4 aliphatic rings. The summed E-state index contributed by atoms with van der Waals surface area (Å²) in [5.74, 6) is 1.43. The number of ketones is 1. The minimum atomic E-state index is -0.733. The van der Waals surface area contributed by atoms with Gasteiger partial charge in [-0.3, -0.25) is 9.59 Å². The molecule has 4 heteroatoms. The molecule has 4 aliphatic carbocycles. The van der Waals surface area contributed by atoms with Gasteiger partial charge in [-0.15, -0.1) is 11.8 Å². The lowest BCUT2D eigenvalue weighted by Gasteiger charge is -2.59. The van der Waals surface area contributed by atoms with Gasteiger partial charge in [0.25, 0.3) is 0 Å². The molecular weight excluding hydrogens is 344 g/mol. The number of hydrogen-bond donors (Lipinski definition) is 1. The lowest BCUT2D eigenvalue weighted by atomic mass is 9.47. The fourth-order valence-corrected chi connectivity index (χ4v) is 8.01. The van der Waals surface area contributed by atoms with Crippen molar-refractivity contribution in [1.29, 1.82) is 0 Å². The van der Waals surface area contributed by atoms with Gasteiger partial charge in [-0.05, 0) is 73.2 Å². The molecule has 3 saturated carbocycles. The molecule has 3 unspecified atom stereocenters. The molecule has 142 valence electrons. The molecule has 3 nitrogen and oxygen atoms in total. The van der Waals surface area contributed by atoms with Crippen molar-refractivity contribution in [2.45, 2.75) is 64.0 Å². The summed E-state index contributed by atoms with van der Waals surface area (Å²) in [6, 6.07) is 0. The van der Waals surface area contributed by atoms with Crippen molar-refractivity contribution in [2.24, 2.45) is 28.6 Å². The predicted octanol–water partition coefficient (Wildman–Crippen LogP) is 4.87. The second kappa shape index (κ2) is 6.25. The Labute approximate surface area is 160 Å². The van der Waals surface area contributed by atoms with E-state index in [1.807, 2.05) is 6.08 Å². The van der Waals surface area contributed by atoms with Crippen LogP contribution in [-0.2, 0) is 9.59 Å². The Bertz CT molecular complexity index is 696. The number of carboxylic acid groups (broad SMARTS) is 1. The highest BCUT2D eigenvalue weighted by Crippen LogP contribution is 2.67. The van der Waals surface area contributed by atoms with Crippen molar-refractivity contribution < 1.29 is 14.7 Å². The number of hydrogen-bond acceptors (Lipinski definition) is 3. The summed E-state index contributed by atoms with van der Waals surface area (Å²) in [4.78, 5) is 23.3. The maximum atomic E-state index is 12.1. The highest BCUT2D eigenvalue weighted by Gasteiger charge is 2.59. The normalized spacial score (nSPS) is 44.8. The third-order valence-corrected chi connectivity index (χ3v) is 9.66. The van der Waals surface area contributed by atoms with Crippen molar-refractivity contribution in [3.8, 4) is 0 Å². The van der Waals surface area contributed by atoms with E-state index in [2.05, 4.69) is 20.4 Å². The zero-order chi connectivity index (χ0) is 18.7. The molecule has 1 N–H and O–H groups in total. The average Bonchev–Trinajstić information content (AvgIpc) is 2.89. The lowest BCUT2D eigenvalue weighted by molar-refractivity contribution is -0.134. The maximum absolute atomic E-state index is 12.1. The van der Waals surface area contributed by atoms with Gasteiger partial charge in [0.05, 0.1) is 5.75 Å². The van der Waals surface area contributed by atoms with E-state index in [9.17, 15) is 14.7 Å². The largest absolute Gasteiger partial charge is 0.481 e. The van der Waals surface area contributed by atoms with Crippen LogP contribution in [0.2, 0.25) is 0 Å². The van der Waals surface area contributed by atoms with Crippen LogP contribution in [0, 0.1) is 28.6 Å². The van der Waals surface area contributed by atoms with Gasteiger partial charge in [-0.2, -0.15) is 0 Å². The van der Waals surface area contributed by atoms with E-state index in [0.717, 1.165) is 19.3 Å². The topological polar surface area (TPSA) is 54.4 Å². The Morgan fingerprint density at radius 3 is 2.69 bits per heavy atom. The third kappa shape index (κ3) is 2.63.